The van der Waals surface area contributed by atoms with E-state index in [4.69, 9.17) is 9.47 Å². The summed E-state index contributed by atoms with van der Waals surface area (Å²) in [5.74, 6) is 1.42. The van der Waals surface area contributed by atoms with Crippen LogP contribution in [0.25, 0.3) is 0 Å². The average molecular weight is 355 g/mol. The Bertz CT molecular complexity index is 624. The van der Waals surface area contributed by atoms with Crippen molar-refractivity contribution >= 4 is 27.3 Å². The number of rotatable bonds is 3. The summed E-state index contributed by atoms with van der Waals surface area (Å²) in [6.45, 7) is 3.20. The number of aliphatic hydroxyl groups is 1. The number of halogens is 1. The number of hydrogen-bond acceptors (Lipinski definition) is 4. The number of aryl methyl sites for hydroxylation is 1. The van der Waals surface area contributed by atoms with E-state index in [1.165, 1.54) is 5.56 Å². The summed E-state index contributed by atoms with van der Waals surface area (Å²) in [6.07, 6.45) is 0.271. The molecule has 0 fully saturated rings. The lowest BCUT2D eigenvalue weighted by atomic mass is 10.0. The van der Waals surface area contributed by atoms with Gasteiger partial charge in [0, 0.05) is 14.9 Å². The highest BCUT2D eigenvalue weighted by Crippen LogP contribution is 2.41. The third-order valence-corrected chi connectivity index (χ3v) is 5.06. The maximum Gasteiger partial charge on any atom is 0.162 e. The van der Waals surface area contributed by atoms with Crippen LogP contribution in [-0.2, 0) is 6.42 Å². The van der Waals surface area contributed by atoms with E-state index in [1.54, 1.807) is 11.3 Å². The van der Waals surface area contributed by atoms with Gasteiger partial charge in [-0.2, -0.15) is 0 Å². The van der Waals surface area contributed by atoms with Crippen LogP contribution in [0.2, 0.25) is 0 Å². The molecule has 0 radical (unpaired) electrons. The highest BCUT2D eigenvalue weighted by Gasteiger charge is 2.22. The first-order valence-corrected chi connectivity index (χ1v) is 8.21. The van der Waals surface area contributed by atoms with Gasteiger partial charge in [0.1, 0.15) is 19.3 Å². The van der Waals surface area contributed by atoms with Gasteiger partial charge in [0.25, 0.3) is 0 Å². The van der Waals surface area contributed by atoms with Gasteiger partial charge in [0.2, 0.25) is 0 Å². The van der Waals surface area contributed by atoms with Crippen molar-refractivity contribution < 1.29 is 14.6 Å². The molecule has 2 aromatic rings. The Morgan fingerprint density at radius 3 is 2.70 bits per heavy atom. The molecule has 1 aliphatic heterocycles. The number of fused-ring (bicyclic) bond motifs is 1. The molecule has 0 bridgehead atoms. The third kappa shape index (κ3) is 2.45. The van der Waals surface area contributed by atoms with Crippen molar-refractivity contribution in [2.75, 3.05) is 13.2 Å². The van der Waals surface area contributed by atoms with Crippen molar-refractivity contribution in [2.45, 2.75) is 19.4 Å². The number of hydrogen-bond donors (Lipinski definition) is 1. The van der Waals surface area contributed by atoms with Crippen LogP contribution in [0, 0.1) is 0 Å². The Kier molecular flexibility index (Phi) is 4.01. The second kappa shape index (κ2) is 5.76. The maximum atomic E-state index is 10.7. The quantitative estimate of drug-likeness (QED) is 0.907. The fourth-order valence-electron chi connectivity index (χ4n) is 2.31. The molecule has 0 amide bonds. The normalized spacial score (nSPS) is 15.2. The minimum atomic E-state index is -0.643. The lowest BCUT2D eigenvalue weighted by Gasteiger charge is -2.21. The summed E-state index contributed by atoms with van der Waals surface area (Å²) in [5.41, 5.74) is 2.00. The predicted molar refractivity (Wildman–Crippen MR) is 82.9 cm³/mol. The molecular weight excluding hydrogens is 340 g/mol. The van der Waals surface area contributed by atoms with Crippen LogP contribution in [0.15, 0.2) is 28.1 Å². The van der Waals surface area contributed by atoms with Gasteiger partial charge in [0.15, 0.2) is 11.5 Å². The van der Waals surface area contributed by atoms with Crippen molar-refractivity contribution in [3.63, 3.8) is 0 Å². The summed E-state index contributed by atoms with van der Waals surface area (Å²) in [6, 6.07) is 5.80. The van der Waals surface area contributed by atoms with Gasteiger partial charge in [-0.05, 0) is 35.6 Å². The van der Waals surface area contributed by atoms with Crippen LogP contribution >= 0.6 is 27.3 Å². The monoisotopic (exact) mass is 354 g/mol. The Morgan fingerprint density at radius 2 is 2.00 bits per heavy atom. The molecule has 1 aliphatic rings. The van der Waals surface area contributed by atoms with Crippen LogP contribution in [0.1, 0.15) is 29.0 Å². The summed E-state index contributed by atoms with van der Waals surface area (Å²) >= 11 is 5.10. The van der Waals surface area contributed by atoms with Crippen molar-refractivity contribution in [1.29, 1.82) is 0 Å². The van der Waals surface area contributed by atoms with Gasteiger partial charge in [-0.25, -0.2) is 0 Å². The van der Waals surface area contributed by atoms with Crippen molar-refractivity contribution in [2.24, 2.45) is 0 Å². The minimum absolute atomic E-state index is 0.545. The van der Waals surface area contributed by atoms with Gasteiger partial charge in [-0.15, -0.1) is 11.3 Å². The highest BCUT2D eigenvalue weighted by molar-refractivity contribution is 9.10. The fourth-order valence-corrected chi connectivity index (χ4v) is 3.85. The first kappa shape index (κ1) is 13.9. The Balaban J connectivity index is 2.01. The van der Waals surface area contributed by atoms with Gasteiger partial charge >= 0.3 is 0 Å². The van der Waals surface area contributed by atoms with E-state index >= 15 is 0 Å². The topological polar surface area (TPSA) is 38.7 Å². The standard InChI is InChI=1S/C15H15BrO3S/c1-2-9-3-6-20-15(9)14(17)10-7-12-13(8-11(10)16)19-5-4-18-12/h3,6-8,14,17H,2,4-5H2,1H3. The second-order valence-electron chi connectivity index (χ2n) is 4.58. The SMILES string of the molecule is CCc1ccsc1C(O)c1cc2c(cc1Br)OCCO2. The van der Waals surface area contributed by atoms with Crippen LogP contribution in [0.3, 0.4) is 0 Å². The first-order chi connectivity index (χ1) is 9.70. The molecule has 106 valence electrons. The summed E-state index contributed by atoms with van der Waals surface area (Å²) < 4.78 is 12.0. The predicted octanol–water partition coefficient (Wildman–Crippen LogP) is 3.93. The number of thiophene rings is 1. The molecule has 0 saturated carbocycles. The highest BCUT2D eigenvalue weighted by atomic mass is 79.9. The van der Waals surface area contributed by atoms with E-state index in [0.717, 1.165) is 27.1 Å². The lowest BCUT2D eigenvalue weighted by Crippen LogP contribution is -2.16. The Hall–Kier alpha value is -1.04. The van der Waals surface area contributed by atoms with E-state index in [9.17, 15) is 5.11 Å². The zero-order valence-corrected chi connectivity index (χ0v) is 13.5. The smallest absolute Gasteiger partial charge is 0.162 e. The third-order valence-electron chi connectivity index (χ3n) is 3.37. The number of aliphatic hydroxyl groups excluding tert-OH is 1. The van der Waals surface area contributed by atoms with Crippen LogP contribution in [-0.4, -0.2) is 18.3 Å². The second-order valence-corrected chi connectivity index (χ2v) is 6.39. The molecule has 1 N–H and O–H groups in total. The first-order valence-electron chi connectivity index (χ1n) is 6.54. The van der Waals surface area contributed by atoms with Crippen LogP contribution in [0.5, 0.6) is 11.5 Å². The molecule has 1 aromatic carbocycles. The fraction of sp³-hybridized carbons (Fsp3) is 0.333. The van der Waals surface area contributed by atoms with Gasteiger partial charge in [0.05, 0.1) is 0 Å². The molecule has 0 aliphatic carbocycles. The number of ether oxygens (including phenoxy) is 2. The van der Waals surface area contributed by atoms with Gasteiger partial charge in [-0.3, -0.25) is 0 Å². The molecule has 0 spiro atoms. The Labute approximate surface area is 130 Å². The molecular formula is C15H15BrO3S. The summed E-state index contributed by atoms with van der Waals surface area (Å²) in [7, 11) is 0. The molecule has 3 nitrogen and oxygen atoms in total. The largest absolute Gasteiger partial charge is 0.486 e. The molecule has 2 heterocycles. The zero-order chi connectivity index (χ0) is 14.1. The Morgan fingerprint density at radius 1 is 1.30 bits per heavy atom. The molecule has 0 saturated heterocycles. The molecule has 20 heavy (non-hydrogen) atoms. The average Bonchev–Trinajstić information content (AvgIpc) is 2.94. The summed E-state index contributed by atoms with van der Waals surface area (Å²) in [5, 5.41) is 12.7. The molecule has 5 heteroatoms. The summed E-state index contributed by atoms with van der Waals surface area (Å²) in [4.78, 5) is 0.991. The zero-order valence-electron chi connectivity index (χ0n) is 11.1. The van der Waals surface area contributed by atoms with Crippen molar-refractivity contribution in [1.82, 2.24) is 0 Å². The van der Waals surface area contributed by atoms with Crippen LogP contribution in [0.4, 0.5) is 0 Å². The van der Waals surface area contributed by atoms with Crippen LogP contribution < -0.4 is 9.47 Å². The van der Waals surface area contributed by atoms with Gasteiger partial charge < -0.3 is 14.6 Å². The van der Waals surface area contributed by atoms with E-state index in [-0.39, 0.29) is 0 Å². The van der Waals surface area contributed by atoms with Crippen molar-refractivity contribution in [3.8, 4) is 11.5 Å². The van der Waals surface area contributed by atoms with Crippen molar-refractivity contribution in [3.05, 3.63) is 44.1 Å². The maximum absolute atomic E-state index is 10.7. The molecule has 1 aromatic heterocycles. The molecule has 1 unspecified atom stereocenters. The lowest BCUT2D eigenvalue weighted by molar-refractivity contribution is 0.169. The van der Waals surface area contributed by atoms with E-state index in [2.05, 4.69) is 28.9 Å². The number of benzene rings is 1. The van der Waals surface area contributed by atoms with E-state index < -0.39 is 6.10 Å². The van der Waals surface area contributed by atoms with Gasteiger partial charge in [-0.1, -0.05) is 22.9 Å². The van der Waals surface area contributed by atoms with E-state index in [0.29, 0.717) is 19.0 Å². The van der Waals surface area contributed by atoms with E-state index in [1.807, 2.05) is 17.5 Å². The molecule has 3 rings (SSSR count). The molecule has 1 atom stereocenters. The minimum Gasteiger partial charge on any atom is -0.486 e.